The number of nitrogens with zero attached hydrogens (tertiary/aromatic N) is 3. The summed E-state index contributed by atoms with van der Waals surface area (Å²) in [6.45, 7) is 0. The third kappa shape index (κ3) is 1.85. The van der Waals surface area contributed by atoms with E-state index in [1.807, 2.05) is 19.3 Å². The maximum atomic E-state index is 11.9. The summed E-state index contributed by atoms with van der Waals surface area (Å²) < 4.78 is 1.70. The van der Waals surface area contributed by atoms with Gasteiger partial charge < -0.3 is 0 Å². The lowest BCUT2D eigenvalue weighted by molar-refractivity contribution is -0.128. The molecule has 0 radical (unpaired) electrons. The number of aryl methyl sites for hydroxylation is 1. The Hall–Kier alpha value is -1.63. The lowest BCUT2D eigenvalue weighted by atomic mass is 9.71. The number of rotatable bonds is 2. The van der Waals surface area contributed by atoms with E-state index in [-0.39, 0.29) is 5.78 Å². The van der Waals surface area contributed by atoms with E-state index in [9.17, 15) is 10.1 Å². The van der Waals surface area contributed by atoms with Crippen molar-refractivity contribution in [3.63, 3.8) is 0 Å². The number of nitriles is 1. The Morgan fingerprint density at radius 2 is 2.44 bits per heavy atom. The van der Waals surface area contributed by atoms with Crippen molar-refractivity contribution in [1.29, 1.82) is 5.26 Å². The molecule has 0 saturated heterocycles. The normalized spacial score (nSPS) is 25.4. The van der Waals surface area contributed by atoms with Crippen LogP contribution in [0.2, 0.25) is 0 Å². The zero-order valence-corrected chi connectivity index (χ0v) is 9.44. The van der Waals surface area contributed by atoms with Crippen LogP contribution in [0.4, 0.5) is 0 Å². The molecule has 2 rings (SSSR count). The Bertz CT molecular complexity index is 443. The molecule has 4 nitrogen and oxygen atoms in total. The van der Waals surface area contributed by atoms with E-state index in [1.54, 1.807) is 4.68 Å². The molecular formula is C12H15N3O. The maximum Gasteiger partial charge on any atom is 0.153 e. The lowest BCUT2D eigenvalue weighted by Gasteiger charge is -2.28. The number of ketones is 1. The first-order valence-corrected chi connectivity index (χ1v) is 5.59. The van der Waals surface area contributed by atoms with Crippen molar-refractivity contribution < 1.29 is 4.79 Å². The van der Waals surface area contributed by atoms with Crippen LogP contribution in [0.1, 0.15) is 31.4 Å². The highest BCUT2D eigenvalue weighted by Gasteiger charge is 2.40. The Morgan fingerprint density at radius 3 is 3.00 bits per heavy atom. The zero-order valence-electron chi connectivity index (χ0n) is 9.44. The number of Topliss-reactive ketones (excluding diaryl/α,β-unsaturated/α-hetero) is 1. The molecule has 1 aliphatic rings. The molecule has 0 aliphatic heterocycles. The van der Waals surface area contributed by atoms with E-state index in [4.69, 9.17) is 0 Å². The predicted molar refractivity (Wildman–Crippen MR) is 58.4 cm³/mol. The number of carbonyl (C=O) groups excluding carboxylic acids is 1. The molecule has 1 fully saturated rings. The second-order valence-corrected chi connectivity index (χ2v) is 4.48. The van der Waals surface area contributed by atoms with Crippen LogP contribution in [0.25, 0.3) is 0 Å². The van der Waals surface area contributed by atoms with Gasteiger partial charge in [-0.3, -0.25) is 9.48 Å². The lowest BCUT2D eigenvalue weighted by Crippen LogP contribution is -2.35. The second-order valence-electron chi connectivity index (χ2n) is 4.48. The van der Waals surface area contributed by atoms with Crippen LogP contribution in [0.15, 0.2) is 12.3 Å². The van der Waals surface area contributed by atoms with Crippen molar-refractivity contribution in [2.75, 3.05) is 0 Å². The summed E-state index contributed by atoms with van der Waals surface area (Å²) in [5.74, 6) is 0.0897. The highest BCUT2D eigenvalue weighted by molar-refractivity contribution is 5.88. The molecule has 1 heterocycles. The van der Waals surface area contributed by atoms with Crippen molar-refractivity contribution in [1.82, 2.24) is 9.78 Å². The Labute approximate surface area is 94.9 Å². The monoisotopic (exact) mass is 217 g/mol. The first-order chi connectivity index (χ1) is 7.66. The third-order valence-electron chi connectivity index (χ3n) is 3.26. The van der Waals surface area contributed by atoms with Gasteiger partial charge in [0.2, 0.25) is 0 Å². The minimum atomic E-state index is -0.813. The number of hydrogen-bond acceptors (Lipinski definition) is 3. The summed E-state index contributed by atoms with van der Waals surface area (Å²) in [5.41, 5.74) is 0.0198. The van der Waals surface area contributed by atoms with Crippen LogP contribution < -0.4 is 0 Å². The van der Waals surface area contributed by atoms with Gasteiger partial charge in [-0.25, -0.2) is 0 Å². The first kappa shape index (κ1) is 10.9. The summed E-state index contributed by atoms with van der Waals surface area (Å²) in [4.78, 5) is 11.9. The molecule has 0 bridgehead atoms. The maximum absolute atomic E-state index is 11.9. The fraction of sp³-hybridized carbons (Fsp3) is 0.583. The van der Waals surface area contributed by atoms with Gasteiger partial charge in [0.15, 0.2) is 5.78 Å². The van der Waals surface area contributed by atoms with Gasteiger partial charge in [-0.1, -0.05) is 6.42 Å². The van der Waals surface area contributed by atoms with Gasteiger partial charge in [-0.15, -0.1) is 0 Å². The smallest absolute Gasteiger partial charge is 0.153 e. The molecule has 1 aliphatic carbocycles. The number of hydrogen-bond donors (Lipinski definition) is 0. The minimum absolute atomic E-state index is 0.0897. The molecule has 84 valence electrons. The predicted octanol–water partition coefficient (Wildman–Crippen LogP) is 1.62. The number of aromatic nitrogens is 2. The topological polar surface area (TPSA) is 58.7 Å². The molecular weight excluding hydrogens is 202 g/mol. The quantitative estimate of drug-likeness (QED) is 0.756. The van der Waals surface area contributed by atoms with E-state index in [0.29, 0.717) is 19.3 Å². The van der Waals surface area contributed by atoms with E-state index in [0.717, 1.165) is 18.5 Å². The fourth-order valence-electron chi connectivity index (χ4n) is 2.30. The van der Waals surface area contributed by atoms with Crippen LogP contribution in [0, 0.1) is 16.7 Å². The summed E-state index contributed by atoms with van der Waals surface area (Å²) in [6.07, 6.45) is 5.41. The highest BCUT2D eigenvalue weighted by Crippen LogP contribution is 2.35. The SMILES string of the molecule is Cn1ccc(CC2(C#N)CCCCC2=O)n1. The molecule has 1 unspecified atom stereocenters. The molecule has 1 atom stereocenters. The summed E-state index contributed by atoms with van der Waals surface area (Å²) in [6, 6.07) is 4.10. The summed E-state index contributed by atoms with van der Waals surface area (Å²) in [7, 11) is 1.84. The van der Waals surface area contributed by atoms with E-state index < -0.39 is 5.41 Å². The molecule has 1 aromatic heterocycles. The summed E-state index contributed by atoms with van der Waals surface area (Å²) >= 11 is 0. The van der Waals surface area contributed by atoms with E-state index in [1.165, 1.54) is 0 Å². The molecule has 0 N–H and O–H groups in total. The van der Waals surface area contributed by atoms with Crippen LogP contribution in [-0.2, 0) is 18.3 Å². The average molecular weight is 217 g/mol. The van der Waals surface area contributed by atoms with Gasteiger partial charge in [0, 0.05) is 26.1 Å². The van der Waals surface area contributed by atoms with Gasteiger partial charge in [0.1, 0.15) is 5.41 Å². The zero-order chi connectivity index (χ0) is 11.6. The average Bonchev–Trinajstić information content (AvgIpc) is 2.67. The second kappa shape index (κ2) is 4.09. The van der Waals surface area contributed by atoms with Crippen molar-refractivity contribution in [3.8, 4) is 6.07 Å². The van der Waals surface area contributed by atoms with Crippen LogP contribution in [0.3, 0.4) is 0 Å². The van der Waals surface area contributed by atoms with Crippen molar-refractivity contribution in [2.24, 2.45) is 12.5 Å². The van der Waals surface area contributed by atoms with Gasteiger partial charge in [0.25, 0.3) is 0 Å². The molecule has 0 amide bonds. The first-order valence-electron chi connectivity index (χ1n) is 5.59. The number of carbonyl (C=O) groups is 1. The van der Waals surface area contributed by atoms with Crippen molar-refractivity contribution >= 4 is 5.78 Å². The Morgan fingerprint density at radius 1 is 1.62 bits per heavy atom. The fourth-order valence-corrected chi connectivity index (χ4v) is 2.30. The van der Waals surface area contributed by atoms with E-state index in [2.05, 4.69) is 11.2 Å². The molecule has 1 saturated carbocycles. The Kier molecular flexibility index (Phi) is 2.78. The highest BCUT2D eigenvalue weighted by atomic mass is 16.1. The van der Waals surface area contributed by atoms with E-state index >= 15 is 0 Å². The molecule has 4 heteroatoms. The van der Waals surface area contributed by atoms with Gasteiger partial charge in [-0.05, 0) is 18.9 Å². The third-order valence-corrected chi connectivity index (χ3v) is 3.26. The van der Waals surface area contributed by atoms with Crippen molar-refractivity contribution in [3.05, 3.63) is 18.0 Å². The summed E-state index contributed by atoms with van der Waals surface area (Å²) in [5, 5.41) is 13.5. The molecule has 16 heavy (non-hydrogen) atoms. The van der Waals surface area contributed by atoms with Gasteiger partial charge >= 0.3 is 0 Å². The van der Waals surface area contributed by atoms with Crippen molar-refractivity contribution in [2.45, 2.75) is 32.1 Å². The van der Waals surface area contributed by atoms with Gasteiger partial charge in [0.05, 0.1) is 11.8 Å². The van der Waals surface area contributed by atoms with Gasteiger partial charge in [-0.2, -0.15) is 10.4 Å². The standard InChI is InChI=1S/C12H15N3O/c1-15-7-5-10(14-15)8-12(9-13)6-3-2-4-11(12)16/h5,7H,2-4,6,8H2,1H3. The largest absolute Gasteiger partial charge is 0.298 e. The van der Waals surface area contributed by atoms with Crippen LogP contribution in [-0.4, -0.2) is 15.6 Å². The van der Waals surface area contributed by atoms with Crippen LogP contribution >= 0.6 is 0 Å². The minimum Gasteiger partial charge on any atom is -0.298 e. The van der Waals surface area contributed by atoms with Crippen LogP contribution in [0.5, 0.6) is 0 Å². The Balaban J connectivity index is 2.22. The molecule has 0 aromatic carbocycles. The molecule has 0 spiro atoms. The molecule has 1 aromatic rings.